The number of likely N-dealkylation sites (N-methyl/N-ethyl adjacent to an activating group) is 1. The van der Waals surface area contributed by atoms with Crippen LogP contribution < -0.4 is 15.2 Å². The number of nitrogens with zero attached hydrogens (tertiary/aromatic N) is 2. The molecule has 1 aromatic carbocycles. The second kappa shape index (κ2) is 4.86. The maximum absolute atomic E-state index is 12.7. The molecule has 0 aromatic heterocycles. The third-order valence-electron chi connectivity index (χ3n) is 3.87. The number of fused-ring (bicyclic) bond motifs is 1. The van der Waals surface area contributed by atoms with Crippen LogP contribution in [0.3, 0.4) is 0 Å². The summed E-state index contributed by atoms with van der Waals surface area (Å²) in [7, 11) is 2.06. The molecule has 0 aliphatic carbocycles. The number of nitrogen functional groups attached to an aromatic ring is 1. The molecule has 6 nitrogen and oxygen atoms in total. The van der Waals surface area contributed by atoms with Crippen LogP contribution >= 0.6 is 0 Å². The van der Waals surface area contributed by atoms with Crippen molar-refractivity contribution < 1.29 is 14.3 Å². The van der Waals surface area contributed by atoms with E-state index in [4.69, 9.17) is 15.2 Å². The predicted octanol–water partition coefficient (Wildman–Crippen LogP) is 0.774. The Hall–Kier alpha value is -1.95. The van der Waals surface area contributed by atoms with Gasteiger partial charge in [-0.25, -0.2) is 0 Å². The Morgan fingerprint density at radius 2 is 2.00 bits per heavy atom. The average molecular weight is 277 g/mol. The van der Waals surface area contributed by atoms with E-state index in [0.717, 1.165) is 13.1 Å². The molecule has 2 N–H and O–H groups in total. The minimum atomic E-state index is -0.0404. The highest BCUT2D eigenvalue weighted by Gasteiger charge is 2.29. The van der Waals surface area contributed by atoms with Crippen molar-refractivity contribution in [2.45, 2.75) is 13.0 Å². The van der Waals surface area contributed by atoms with E-state index in [9.17, 15) is 4.79 Å². The molecule has 0 saturated carbocycles. The normalized spacial score (nSPS) is 22.1. The largest absolute Gasteiger partial charge is 0.454 e. The van der Waals surface area contributed by atoms with E-state index < -0.39 is 0 Å². The lowest BCUT2D eigenvalue weighted by molar-refractivity contribution is 0.0534. The Bertz CT molecular complexity index is 547. The van der Waals surface area contributed by atoms with E-state index in [-0.39, 0.29) is 18.7 Å². The van der Waals surface area contributed by atoms with Gasteiger partial charge in [-0.05, 0) is 20.0 Å². The van der Waals surface area contributed by atoms with E-state index in [0.29, 0.717) is 29.3 Å². The molecule has 2 heterocycles. The van der Waals surface area contributed by atoms with Gasteiger partial charge in [0.05, 0.1) is 5.56 Å². The molecule has 2 aliphatic rings. The summed E-state index contributed by atoms with van der Waals surface area (Å²) < 4.78 is 10.6. The predicted molar refractivity (Wildman–Crippen MR) is 75.0 cm³/mol. The van der Waals surface area contributed by atoms with E-state index in [2.05, 4.69) is 18.9 Å². The molecule has 6 heteroatoms. The summed E-state index contributed by atoms with van der Waals surface area (Å²) in [6, 6.07) is 3.52. The third-order valence-corrected chi connectivity index (χ3v) is 3.87. The number of carbonyl (C=O) groups excluding carboxylic acids is 1. The molecule has 1 amide bonds. The Balaban J connectivity index is 1.87. The molecule has 1 unspecified atom stereocenters. The summed E-state index contributed by atoms with van der Waals surface area (Å²) in [6.45, 7) is 4.69. The highest BCUT2D eigenvalue weighted by Crippen LogP contribution is 2.36. The highest BCUT2D eigenvalue weighted by atomic mass is 16.7. The topological polar surface area (TPSA) is 68.0 Å². The zero-order chi connectivity index (χ0) is 14.3. The van der Waals surface area contributed by atoms with Gasteiger partial charge in [0.15, 0.2) is 11.5 Å². The van der Waals surface area contributed by atoms with Crippen molar-refractivity contribution in [1.82, 2.24) is 9.80 Å². The second-order valence-corrected chi connectivity index (χ2v) is 5.40. The van der Waals surface area contributed by atoms with Crippen molar-refractivity contribution >= 4 is 11.6 Å². The molecule has 1 atom stereocenters. The maximum Gasteiger partial charge on any atom is 0.256 e. The average Bonchev–Trinajstić information content (AvgIpc) is 2.84. The number of benzene rings is 1. The van der Waals surface area contributed by atoms with Gasteiger partial charge in [0, 0.05) is 37.4 Å². The van der Waals surface area contributed by atoms with Crippen molar-refractivity contribution in [2.75, 3.05) is 39.2 Å². The summed E-state index contributed by atoms with van der Waals surface area (Å²) >= 11 is 0. The van der Waals surface area contributed by atoms with Crippen LogP contribution in [-0.2, 0) is 0 Å². The van der Waals surface area contributed by atoms with Crippen molar-refractivity contribution in [2.24, 2.45) is 0 Å². The zero-order valence-corrected chi connectivity index (χ0v) is 11.8. The van der Waals surface area contributed by atoms with Gasteiger partial charge >= 0.3 is 0 Å². The number of anilines is 1. The van der Waals surface area contributed by atoms with E-state index in [1.54, 1.807) is 12.1 Å². The maximum atomic E-state index is 12.7. The van der Waals surface area contributed by atoms with Crippen molar-refractivity contribution in [3.05, 3.63) is 17.7 Å². The van der Waals surface area contributed by atoms with Crippen LogP contribution in [0.15, 0.2) is 12.1 Å². The van der Waals surface area contributed by atoms with E-state index in [1.165, 1.54) is 0 Å². The van der Waals surface area contributed by atoms with Crippen molar-refractivity contribution in [3.8, 4) is 11.5 Å². The molecule has 1 aromatic rings. The summed E-state index contributed by atoms with van der Waals surface area (Å²) in [5.74, 6) is 1.15. The second-order valence-electron chi connectivity index (χ2n) is 5.40. The molecule has 0 bridgehead atoms. The van der Waals surface area contributed by atoms with Crippen molar-refractivity contribution in [3.63, 3.8) is 0 Å². The smallest absolute Gasteiger partial charge is 0.256 e. The van der Waals surface area contributed by atoms with E-state index in [1.807, 2.05) is 4.90 Å². The minimum Gasteiger partial charge on any atom is -0.454 e. The number of nitrogens with two attached hydrogens (primary N) is 1. The Morgan fingerprint density at radius 1 is 1.30 bits per heavy atom. The number of carbonyl (C=O) groups is 1. The summed E-state index contributed by atoms with van der Waals surface area (Å²) in [4.78, 5) is 16.8. The minimum absolute atomic E-state index is 0.0404. The third kappa shape index (κ3) is 2.16. The molecule has 3 rings (SSSR count). The van der Waals surface area contributed by atoms with Gasteiger partial charge in [0.25, 0.3) is 5.91 Å². The number of hydrogen-bond acceptors (Lipinski definition) is 5. The highest BCUT2D eigenvalue weighted by molar-refractivity contribution is 6.00. The molecular formula is C14H19N3O3. The lowest BCUT2D eigenvalue weighted by Gasteiger charge is -2.38. The molecular weight excluding hydrogens is 258 g/mol. The molecule has 1 fully saturated rings. The first-order valence-electron chi connectivity index (χ1n) is 6.75. The zero-order valence-electron chi connectivity index (χ0n) is 11.8. The van der Waals surface area contributed by atoms with Crippen LogP contribution in [0.2, 0.25) is 0 Å². The van der Waals surface area contributed by atoms with Crippen LogP contribution in [0.1, 0.15) is 17.3 Å². The monoisotopic (exact) mass is 277 g/mol. The van der Waals surface area contributed by atoms with Crippen LogP contribution in [0, 0.1) is 0 Å². The first kappa shape index (κ1) is 13.1. The summed E-state index contributed by atoms with van der Waals surface area (Å²) in [5, 5.41) is 0. The van der Waals surface area contributed by atoms with E-state index >= 15 is 0 Å². The van der Waals surface area contributed by atoms with Gasteiger partial charge in [-0.15, -0.1) is 0 Å². The van der Waals surface area contributed by atoms with Crippen molar-refractivity contribution in [1.29, 1.82) is 0 Å². The molecule has 0 radical (unpaired) electrons. The Labute approximate surface area is 118 Å². The first-order chi connectivity index (χ1) is 9.56. The van der Waals surface area contributed by atoms with Crippen LogP contribution in [0.4, 0.5) is 5.69 Å². The summed E-state index contributed by atoms with van der Waals surface area (Å²) in [6.07, 6.45) is 0. The molecule has 1 saturated heterocycles. The van der Waals surface area contributed by atoms with Gasteiger partial charge < -0.3 is 25.0 Å². The Morgan fingerprint density at radius 3 is 2.70 bits per heavy atom. The van der Waals surface area contributed by atoms with Gasteiger partial charge in [0.2, 0.25) is 6.79 Å². The van der Waals surface area contributed by atoms with Gasteiger partial charge in [-0.3, -0.25) is 4.79 Å². The first-order valence-corrected chi connectivity index (χ1v) is 6.75. The lowest BCUT2D eigenvalue weighted by Crippen LogP contribution is -2.52. The molecule has 0 spiro atoms. The number of rotatable bonds is 1. The molecule has 2 aliphatic heterocycles. The van der Waals surface area contributed by atoms with Gasteiger partial charge in [-0.2, -0.15) is 0 Å². The standard InChI is InChI=1S/C14H19N3O3/c1-9-7-16(2)3-4-17(9)14(18)10-5-12-13(6-11(10)15)20-8-19-12/h5-6,9H,3-4,7-8,15H2,1-2H3. The fourth-order valence-electron chi connectivity index (χ4n) is 2.74. The Kier molecular flexibility index (Phi) is 3.17. The fraction of sp³-hybridized carbons (Fsp3) is 0.500. The van der Waals surface area contributed by atoms with Crippen LogP contribution in [0.25, 0.3) is 0 Å². The number of amides is 1. The molecule has 20 heavy (non-hydrogen) atoms. The van der Waals surface area contributed by atoms with Gasteiger partial charge in [0.1, 0.15) is 0 Å². The molecule has 108 valence electrons. The quantitative estimate of drug-likeness (QED) is 0.768. The fourth-order valence-corrected chi connectivity index (χ4v) is 2.74. The van der Waals surface area contributed by atoms with Crippen LogP contribution in [0.5, 0.6) is 11.5 Å². The number of ether oxygens (including phenoxy) is 2. The lowest BCUT2D eigenvalue weighted by atomic mass is 10.1. The van der Waals surface area contributed by atoms with Crippen LogP contribution in [-0.4, -0.2) is 55.2 Å². The number of piperazine rings is 1. The van der Waals surface area contributed by atoms with Gasteiger partial charge in [-0.1, -0.05) is 0 Å². The number of hydrogen-bond donors (Lipinski definition) is 1. The SMILES string of the molecule is CC1CN(C)CCN1C(=O)c1cc2c(cc1N)OCO2. The summed E-state index contributed by atoms with van der Waals surface area (Å²) in [5.41, 5.74) is 6.91.